The zero-order chi connectivity index (χ0) is 12.3. The van der Waals surface area contributed by atoms with Gasteiger partial charge in [0.05, 0.1) is 18.4 Å². The molecule has 3 nitrogen and oxygen atoms in total. The molecule has 17 heavy (non-hydrogen) atoms. The number of rotatable bonds is 4. The summed E-state index contributed by atoms with van der Waals surface area (Å²) in [4.78, 5) is 0. The van der Waals surface area contributed by atoms with Crippen LogP contribution >= 0.6 is 0 Å². The molecule has 0 spiro atoms. The molecule has 90 valence electrons. The number of halogens is 1. The molecule has 1 N–H and O–H groups in total. The highest BCUT2D eigenvalue weighted by atomic mass is 19.1. The standard InChI is InChI=1S/C13H16FN3/c1-10-3-4-13(12(14)7-10)15-5-6-17-9-11(2)8-16-17/h3-4,7-9,15H,5-6H2,1-2H3. The third kappa shape index (κ3) is 3.06. The average Bonchev–Trinajstić information content (AvgIpc) is 2.68. The molecule has 0 aliphatic heterocycles. The van der Waals surface area contributed by atoms with Crippen LogP contribution in [0.4, 0.5) is 10.1 Å². The molecule has 0 aliphatic rings. The number of hydrogen-bond acceptors (Lipinski definition) is 2. The Morgan fingerprint density at radius 2 is 2.12 bits per heavy atom. The molecule has 0 aliphatic carbocycles. The molecule has 2 aromatic rings. The van der Waals surface area contributed by atoms with E-state index in [1.54, 1.807) is 6.07 Å². The Hall–Kier alpha value is -1.84. The maximum absolute atomic E-state index is 13.5. The Balaban J connectivity index is 1.90. The topological polar surface area (TPSA) is 29.9 Å². The van der Waals surface area contributed by atoms with Crippen LogP contribution in [-0.2, 0) is 6.54 Å². The largest absolute Gasteiger partial charge is 0.381 e. The summed E-state index contributed by atoms with van der Waals surface area (Å²) in [6.45, 7) is 5.25. The Morgan fingerprint density at radius 1 is 1.29 bits per heavy atom. The molecular weight excluding hydrogens is 217 g/mol. The van der Waals surface area contributed by atoms with Gasteiger partial charge >= 0.3 is 0 Å². The average molecular weight is 233 g/mol. The van der Waals surface area contributed by atoms with Crippen molar-refractivity contribution in [3.63, 3.8) is 0 Å². The van der Waals surface area contributed by atoms with Gasteiger partial charge in [-0.1, -0.05) is 6.07 Å². The van der Waals surface area contributed by atoms with Crippen LogP contribution in [0.1, 0.15) is 11.1 Å². The normalized spacial score (nSPS) is 10.5. The molecule has 2 rings (SSSR count). The summed E-state index contributed by atoms with van der Waals surface area (Å²) in [5.41, 5.74) is 2.60. The van der Waals surface area contributed by atoms with E-state index in [2.05, 4.69) is 10.4 Å². The van der Waals surface area contributed by atoms with Gasteiger partial charge < -0.3 is 5.32 Å². The minimum atomic E-state index is -0.207. The maximum atomic E-state index is 13.5. The van der Waals surface area contributed by atoms with Crippen molar-refractivity contribution in [2.24, 2.45) is 0 Å². The lowest BCUT2D eigenvalue weighted by atomic mass is 10.2. The lowest BCUT2D eigenvalue weighted by molar-refractivity contribution is 0.617. The number of hydrogen-bond donors (Lipinski definition) is 1. The highest BCUT2D eigenvalue weighted by molar-refractivity contribution is 5.45. The third-order valence-electron chi connectivity index (χ3n) is 2.54. The second-order valence-corrected chi connectivity index (χ2v) is 4.19. The van der Waals surface area contributed by atoms with Crippen LogP contribution in [0, 0.1) is 19.7 Å². The van der Waals surface area contributed by atoms with Crippen molar-refractivity contribution in [2.75, 3.05) is 11.9 Å². The molecule has 0 saturated heterocycles. The highest BCUT2D eigenvalue weighted by Crippen LogP contribution is 2.14. The first-order valence-corrected chi connectivity index (χ1v) is 5.64. The fraction of sp³-hybridized carbons (Fsp3) is 0.308. The van der Waals surface area contributed by atoms with E-state index in [1.165, 1.54) is 6.07 Å². The second kappa shape index (κ2) is 4.99. The lowest BCUT2D eigenvalue weighted by Crippen LogP contribution is -2.11. The van der Waals surface area contributed by atoms with E-state index >= 15 is 0 Å². The molecule has 1 heterocycles. The minimum Gasteiger partial charge on any atom is -0.381 e. The molecular formula is C13H16FN3. The van der Waals surface area contributed by atoms with Gasteiger partial charge in [0, 0.05) is 12.7 Å². The molecule has 0 unspecified atom stereocenters. The molecule has 1 aromatic carbocycles. The van der Waals surface area contributed by atoms with Gasteiger partial charge in [-0.2, -0.15) is 5.10 Å². The molecule has 0 saturated carbocycles. The molecule has 1 aromatic heterocycles. The summed E-state index contributed by atoms with van der Waals surface area (Å²) in [6, 6.07) is 5.18. The van der Waals surface area contributed by atoms with Gasteiger partial charge in [-0.3, -0.25) is 4.68 Å². The summed E-state index contributed by atoms with van der Waals surface area (Å²) in [6.07, 6.45) is 3.78. The van der Waals surface area contributed by atoms with E-state index in [9.17, 15) is 4.39 Å². The monoisotopic (exact) mass is 233 g/mol. The van der Waals surface area contributed by atoms with Crippen LogP contribution in [0.25, 0.3) is 0 Å². The molecule has 0 atom stereocenters. The number of aryl methyl sites for hydroxylation is 2. The number of aromatic nitrogens is 2. The fourth-order valence-corrected chi connectivity index (χ4v) is 1.66. The van der Waals surface area contributed by atoms with E-state index < -0.39 is 0 Å². The quantitative estimate of drug-likeness (QED) is 0.880. The number of anilines is 1. The number of nitrogens with one attached hydrogen (secondary N) is 1. The van der Waals surface area contributed by atoms with Gasteiger partial charge in [0.15, 0.2) is 0 Å². The fourth-order valence-electron chi connectivity index (χ4n) is 1.66. The summed E-state index contributed by atoms with van der Waals surface area (Å²) >= 11 is 0. The van der Waals surface area contributed by atoms with Gasteiger partial charge in [0.1, 0.15) is 5.82 Å². The highest BCUT2D eigenvalue weighted by Gasteiger charge is 2.01. The molecule has 4 heteroatoms. The first kappa shape index (κ1) is 11.6. The summed E-state index contributed by atoms with van der Waals surface area (Å²) < 4.78 is 15.3. The van der Waals surface area contributed by atoms with E-state index in [1.807, 2.05) is 37.0 Å². The van der Waals surface area contributed by atoms with Crippen molar-refractivity contribution in [3.8, 4) is 0 Å². The predicted octanol–water partition coefficient (Wildman–Crippen LogP) is 2.75. The van der Waals surface area contributed by atoms with Crippen LogP contribution in [-0.4, -0.2) is 16.3 Å². The van der Waals surface area contributed by atoms with Crippen LogP contribution in [0.2, 0.25) is 0 Å². The third-order valence-corrected chi connectivity index (χ3v) is 2.54. The van der Waals surface area contributed by atoms with Crippen LogP contribution < -0.4 is 5.32 Å². The van der Waals surface area contributed by atoms with Crippen LogP contribution in [0.3, 0.4) is 0 Å². The van der Waals surface area contributed by atoms with E-state index in [-0.39, 0.29) is 5.82 Å². The van der Waals surface area contributed by atoms with Crippen LogP contribution in [0.5, 0.6) is 0 Å². The smallest absolute Gasteiger partial charge is 0.146 e. The van der Waals surface area contributed by atoms with Gasteiger partial charge in [-0.25, -0.2) is 4.39 Å². The maximum Gasteiger partial charge on any atom is 0.146 e. The first-order chi connectivity index (χ1) is 8.15. The molecule has 0 amide bonds. The molecule has 0 radical (unpaired) electrons. The Bertz CT molecular complexity index is 505. The summed E-state index contributed by atoms with van der Waals surface area (Å²) in [5, 5.41) is 7.23. The zero-order valence-electron chi connectivity index (χ0n) is 10.1. The number of nitrogens with zero attached hydrogens (tertiary/aromatic N) is 2. The van der Waals surface area contributed by atoms with Crippen molar-refractivity contribution < 1.29 is 4.39 Å². The van der Waals surface area contributed by atoms with Crippen molar-refractivity contribution in [1.82, 2.24) is 9.78 Å². The first-order valence-electron chi connectivity index (χ1n) is 5.64. The Morgan fingerprint density at radius 3 is 2.76 bits per heavy atom. The summed E-state index contributed by atoms with van der Waals surface area (Å²) in [7, 11) is 0. The number of benzene rings is 1. The minimum absolute atomic E-state index is 0.207. The van der Waals surface area contributed by atoms with E-state index in [0.717, 1.165) is 17.7 Å². The van der Waals surface area contributed by atoms with Gasteiger partial charge in [-0.15, -0.1) is 0 Å². The molecule has 0 fully saturated rings. The molecule has 0 bridgehead atoms. The van der Waals surface area contributed by atoms with Crippen molar-refractivity contribution in [2.45, 2.75) is 20.4 Å². The SMILES string of the molecule is Cc1ccc(NCCn2cc(C)cn2)c(F)c1. The van der Waals surface area contributed by atoms with Gasteiger partial charge in [-0.05, 0) is 37.1 Å². The van der Waals surface area contributed by atoms with Gasteiger partial charge in [0.2, 0.25) is 0 Å². The lowest BCUT2D eigenvalue weighted by Gasteiger charge is -2.08. The zero-order valence-corrected chi connectivity index (χ0v) is 10.1. The van der Waals surface area contributed by atoms with Crippen molar-refractivity contribution in [3.05, 3.63) is 47.5 Å². The van der Waals surface area contributed by atoms with Crippen molar-refractivity contribution in [1.29, 1.82) is 0 Å². The van der Waals surface area contributed by atoms with E-state index in [0.29, 0.717) is 12.2 Å². The second-order valence-electron chi connectivity index (χ2n) is 4.19. The van der Waals surface area contributed by atoms with Gasteiger partial charge in [0.25, 0.3) is 0 Å². The van der Waals surface area contributed by atoms with Crippen LogP contribution in [0.15, 0.2) is 30.6 Å². The predicted molar refractivity (Wildman–Crippen MR) is 66.6 cm³/mol. The Kier molecular flexibility index (Phi) is 3.42. The van der Waals surface area contributed by atoms with Crippen molar-refractivity contribution >= 4 is 5.69 Å². The Labute approximate surface area is 100 Å². The van der Waals surface area contributed by atoms with E-state index in [4.69, 9.17) is 0 Å². The summed E-state index contributed by atoms with van der Waals surface area (Å²) in [5.74, 6) is -0.207.